The van der Waals surface area contributed by atoms with E-state index in [9.17, 15) is 9.18 Å². The number of nitrogens with zero attached hydrogens (tertiary/aromatic N) is 2. The van der Waals surface area contributed by atoms with Gasteiger partial charge in [-0.1, -0.05) is 17.8 Å². The molecule has 0 saturated carbocycles. The molecule has 0 aliphatic carbocycles. The summed E-state index contributed by atoms with van der Waals surface area (Å²) in [6.07, 6.45) is 1.92. The second kappa shape index (κ2) is 6.89. The number of halogens is 1. The first-order valence-electron chi connectivity index (χ1n) is 6.93. The number of thioether (sulfide) groups is 1. The maximum atomic E-state index is 13.0. The molecule has 1 atom stereocenters. The lowest BCUT2D eigenvalue weighted by molar-refractivity contribution is -0.113. The van der Waals surface area contributed by atoms with E-state index in [-0.39, 0.29) is 23.6 Å². The summed E-state index contributed by atoms with van der Waals surface area (Å²) in [6, 6.07) is 5.77. The third kappa shape index (κ3) is 3.83. The van der Waals surface area contributed by atoms with Crippen molar-refractivity contribution in [3.8, 4) is 0 Å². The molecule has 116 valence electrons. The van der Waals surface area contributed by atoms with Gasteiger partial charge >= 0.3 is 0 Å². The van der Waals surface area contributed by atoms with Crippen LogP contribution in [0, 0.1) is 5.82 Å². The van der Waals surface area contributed by atoms with Gasteiger partial charge in [0.1, 0.15) is 11.9 Å². The van der Waals surface area contributed by atoms with Gasteiger partial charge in [0, 0.05) is 12.3 Å². The van der Waals surface area contributed by atoms with Gasteiger partial charge in [0.15, 0.2) is 5.82 Å². The molecule has 1 saturated heterocycles. The Morgan fingerprint density at radius 1 is 1.55 bits per heavy atom. The first-order valence-corrected chi connectivity index (χ1v) is 7.91. The van der Waals surface area contributed by atoms with Gasteiger partial charge in [-0.2, -0.15) is 0 Å². The summed E-state index contributed by atoms with van der Waals surface area (Å²) >= 11 is 1.22. The Kier molecular flexibility index (Phi) is 4.69. The summed E-state index contributed by atoms with van der Waals surface area (Å²) in [5.41, 5.74) is 0.431. The van der Waals surface area contributed by atoms with Gasteiger partial charge in [-0.25, -0.2) is 9.37 Å². The Balaban J connectivity index is 1.50. The van der Waals surface area contributed by atoms with E-state index in [4.69, 9.17) is 4.74 Å². The number of ether oxygens (including phenoxy) is 1. The number of nitrogens with one attached hydrogen (secondary N) is 2. The second-order valence-corrected chi connectivity index (χ2v) is 5.79. The minimum Gasteiger partial charge on any atom is -0.370 e. The van der Waals surface area contributed by atoms with Crippen LogP contribution in [0.3, 0.4) is 0 Å². The van der Waals surface area contributed by atoms with Crippen LogP contribution in [0.15, 0.2) is 29.4 Å². The molecule has 0 bridgehead atoms. The molecule has 2 aromatic rings. The van der Waals surface area contributed by atoms with E-state index in [1.165, 1.54) is 23.9 Å². The summed E-state index contributed by atoms with van der Waals surface area (Å²) in [6.45, 7) is 0.740. The van der Waals surface area contributed by atoms with Crippen LogP contribution >= 0.6 is 11.8 Å². The molecule has 8 heteroatoms. The van der Waals surface area contributed by atoms with Crippen LogP contribution in [0.1, 0.15) is 24.8 Å². The molecule has 1 unspecified atom stereocenters. The molecule has 2 N–H and O–H groups in total. The molecule has 1 aromatic heterocycles. The normalized spacial score (nSPS) is 17.6. The first-order chi connectivity index (χ1) is 10.7. The number of hydrogen-bond acceptors (Lipinski definition) is 5. The molecule has 0 radical (unpaired) electrons. The lowest BCUT2D eigenvalue weighted by Gasteiger charge is -2.04. The number of hydrogen-bond donors (Lipinski definition) is 2. The molecule has 1 aliphatic rings. The molecule has 22 heavy (non-hydrogen) atoms. The average molecular weight is 322 g/mol. The number of aromatic nitrogens is 3. The Morgan fingerprint density at radius 3 is 3.23 bits per heavy atom. The number of anilines is 1. The zero-order chi connectivity index (χ0) is 15.4. The molecular formula is C14H15FN4O2S. The molecule has 0 spiro atoms. The minimum atomic E-state index is -0.388. The van der Waals surface area contributed by atoms with Crippen LogP contribution in [0.25, 0.3) is 0 Å². The fourth-order valence-corrected chi connectivity index (χ4v) is 2.76. The number of amides is 1. The Morgan fingerprint density at radius 2 is 2.45 bits per heavy atom. The number of carbonyl (C=O) groups excluding carboxylic acids is 1. The molecule has 2 heterocycles. The van der Waals surface area contributed by atoms with Crippen LogP contribution < -0.4 is 5.32 Å². The highest BCUT2D eigenvalue weighted by molar-refractivity contribution is 7.99. The zero-order valence-electron chi connectivity index (χ0n) is 11.7. The maximum Gasteiger partial charge on any atom is 0.234 e. The van der Waals surface area contributed by atoms with Crippen LogP contribution in [0.5, 0.6) is 0 Å². The highest BCUT2D eigenvalue weighted by atomic mass is 32.2. The van der Waals surface area contributed by atoms with E-state index in [0.717, 1.165) is 19.4 Å². The Labute approximate surface area is 130 Å². The van der Waals surface area contributed by atoms with Gasteiger partial charge < -0.3 is 10.1 Å². The van der Waals surface area contributed by atoms with E-state index in [1.807, 2.05) is 0 Å². The van der Waals surface area contributed by atoms with Crippen molar-refractivity contribution in [1.29, 1.82) is 0 Å². The maximum absolute atomic E-state index is 13.0. The van der Waals surface area contributed by atoms with Gasteiger partial charge in [-0.05, 0) is 31.0 Å². The average Bonchev–Trinajstić information content (AvgIpc) is 3.16. The molecule has 1 amide bonds. The van der Waals surface area contributed by atoms with Crippen LogP contribution in [0.4, 0.5) is 10.1 Å². The quantitative estimate of drug-likeness (QED) is 0.827. The van der Waals surface area contributed by atoms with E-state index < -0.39 is 0 Å². The largest absolute Gasteiger partial charge is 0.370 e. The molecule has 1 aliphatic heterocycles. The van der Waals surface area contributed by atoms with Crippen molar-refractivity contribution in [1.82, 2.24) is 15.2 Å². The van der Waals surface area contributed by atoms with Crippen molar-refractivity contribution in [3.05, 3.63) is 35.9 Å². The van der Waals surface area contributed by atoms with Gasteiger partial charge in [-0.3, -0.25) is 9.89 Å². The number of aromatic amines is 1. The fraction of sp³-hybridized carbons (Fsp3) is 0.357. The number of rotatable bonds is 5. The summed E-state index contributed by atoms with van der Waals surface area (Å²) in [5.74, 6) is 0.226. The predicted octanol–water partition coefficient (Wildman–Crippen LogP) is 2.53. The molecule has 3 rings (SSSR count). The summed E-state index contributed by atoms with van der Waals surface area (Å²) in [5, 5.41) is 10.0. The third-order valence-electron chi connectivity index (χ3n) is 3.16. The Bertz CT molecular complexity index is 658. The van der Waals surface area contributed by atoms with Crippen molar-refractivity contribution in [2.45, 2.75) is 24.1 Å². The third-order valence-corrected chi connectivity index (χ3v) is 4.00. The predicted molar refractivity (Wildman–Crippen MR) is 80.1 cm³/mol. The monoisotopic (exact) mass is 322 g/mol. The first kappa shape index (κ1) is 15.0. The van der Waals surface area contributed by atoms with Crippen molar-refractivity contribution in [2.75, 3.05) is 17.7 Å². The SMILES string of the molecule is O=C(CSc1n[nH]c(C2CCCO2)n1)Nc1cccc(F)c1. The molecular weight excluding hydrogens is 307 g/mol. The summed E-state index contributed by atoms with van der Waals surface area (Å²) in [4.78, 5) is 16.1. The van der Waals surface area contributed by atoms with E-state index in [2.05, 4.69) is 20.5 Å². The minimum absolute atomic E-state index is 0.0250. The zero-order valence-corrected chi connectivity index (χ0v) is 12.5. The van der Waals surface area contributed by atoms with Gasteiger partial charge in [0.2, 0.25) is 11.1 Å². The summed E-state index contributed by atoms with van der Waals surface area (Å²) in [7, 11) is 0. The highest BCUT2D eigenvalue weighted by Crippen LogP contribution is 2.26. The van der Waals surface area contributed by atoms with Crippen molar-refractivity contribution >= 4 is 23.4 Å². The van der Waals surface area contributed by atoms with Crippen molar-refractivity contribution in [3.63, 3.8) is 0 Å². The topological polar surface area (TPSA) is 79.9 Å². The Hall–Kier alpha value is -1.93. The molecule has 6 nitrogen and oxygen atoms in total. The van der Waals surface area contributed by atoms with Crippen LogP contribution in [0.2, 0.25) is 0 Å². The highest BCUT2D eigenvalue weighted by Gasteiger charge is 2.21. The number of benzene rings is 1. The molecule has 1 fully saturated rings. The van der Waals surface area contributed by atoms with E-state index >= 15 is 0 Å². The standard InChI is InChI=1S/C14H15FN4O2S/c15-9-3-1-4-10(7-9)16-12(20)8-22-14-17-13(18-19-14)11-5-2-6-21-11/h1,3-4,7,11H,2,5-6,8H2,(H,16,20)(H,17,18,19). The van der Waals surface area contributed by atoms with Crippen molar-refractivity contribution in [2.24, 2.45) is 0 Å². The lowest BCUT2D eigenvalue weighted by atomic mass is 10.2. The van der Waals surface area contributed by atoms with E-state index in [0.29, 0.717) is 16.7 Å². The number of H-pyrrole nitrogens is 1. The van der Waals surface area contributed by atoms with Gasteiger partial charge in [0.05, 0.1) is 5.75 Å². The lowest BCUT2D eigenvalue weighted by Crippen LogP contribution is -2.14. The van der Waals surface area contributed by atoms with Crippen LogP contribution in [-0.4, -0.2) is 33.4 Å². The molecule has 1 aromatic carbocycles. The van der Waals surface area contributed by atoms with Gasteiger partial charge in [-0.15, -0.1) is 5.10 Å². The van der Waals surface area contributed by atoms with Crippen molar-refractivity contribution < 1.29 is 13.9 Å². The summed E-state index contributed by atoms with van der Waals surface area (Å²) < 4.78 is 18.5. The second-order valence-electron chi connectivity index (χ2n) is 4.85. The van der Waals surface area contributed by atoms with E-state index in [1.54, 1.807) is 12.1 Å². The fourth-order valence-electron chi connectivity index (χ4n) is 2.15. The van der Waals surface area contributed by atoms with Crippen LogP contribution in [-0.2, 0) is 9.53 Å². The smallest absolute Gasteiger partial charge is 0.234 e. The van der Waals surface area contributed by atoms with Gasteiger partial charge in [0.25, 0.3) is 0 Å². The number of carbonyl (C=O) groups is 1.